The van der Waals surface area contributed by atoms with Gasteiger partial charge in [-0.2, -0.15) is 0 Å². The van der Waals surface area contributed by atoms with E-state index in [1.54, 1.807) is 0 Å². The Hall–Kier alpha value is -0.695. The van der Waals surface area contributed by atoms with Crippen LogP contribution in [0.15, 0.2) is 24.0 Å². The first kappa shape index (κ1) is 7.41. The van der Waals surface area contributed by atoms with Gasteiger partial charge in [0.05, 0.1) is 5.76 Å². The summed E-state index contributed by atoms with van der Waals surface area (Å²) in [5.41, 5.74) is 0. The van der Waals surface area contributed by atoms with E-state index in [0.717, 1.165) is 12.2 Å². The molecular formula is C7H10BO2. The highest BCUT2D eigenvalue weighted by atomic mass is 16.6. The van der Waals surface area contributed by atoms with E-state index in [2.05, 4.69) is 0 Å². The van der Waals surface area contributed by atoms with Crippen LogP contribution in [0.25, 0.3) is 0 Å². The molecule has 0 saturated heterocycles. The summed E-state index contributed by atoms with van der Waals surface area (Å²) in [6.07, 6.45) is 6.93. The van der Waals surface area contributed by atoms with Crippen LogP contribution >= 0.6 is 0 Å². The van der Waals surface area contributed by atoms with Crippen LogP contribution in [0.4, 0.5) is 0 Å². The first-order valence-corrected chi connectivity index (χ1v) is 3.40. The van der Waals surface area contributed by atoms with E-state index >= 15 is 0 Å². The third-order valence-corrected chi connectivity index (χ3v) is 1.16. The zero-order chi connectivity index (χ0) is 7.23. The molecule has 1 aliphatic rings. The summed E-state index contributed by atoms with van der Waals surface area (Å²) in [7, 11) is 1.36. The lowest BCUT2D eigenvalue weighted by molar-refractivity contribution is 0.280. The quantitative estimate of drug-likeness (QED) is 0.430. The van der Waals surface area contributed by atoms with Gasteiger partial charge in [-0.15, -0.1) is 0 Å². The number of hydrogen-bond donors (Lipinski definition) is 0. The summed E-state index contributed by atoms with van der Waals surface area (Å²) in [5.74, 6) is 0.869. The van der Waals surface area contributed by atoms with E-state index in [4.69, 9.17) is 9.31 Å². The van der Waals surface area contributed by atoms with Gasteiger partial charge in [-0.1, -0.05) is 6.08 Å². The van der Waals surface area contributed by atoms with Crippen molar-refractivity contribution in [2.75, 3.05) is 6.61 Å². The lowest BCUT2D eigenvalue weighted by atomic mass is 10.3. The molecule has 0 bridgehead atoms. The van der Waals surface area contributed by atoms with Crippen molar-refractivity contribution in [3.05, 3.63) is 24.0 Å². The summed E-state index contributed by atoms with van der Waals surface area (Å²) in [6, 6.07) is 0. The average molecular weight is 137 g/mol. The Bertz CT molecular complexity index is 152. The van der Waals surface area contributed by atoms with E-state index in [1.165, 1.54) is 7.69 Å². The monoisotopic (exact) mass is 137 g/mol. The average Bonchev–Trinajstić information content (AvgIpc) is 2.41. The van der Waals surface area contributed by atoms with Gasteiger partial charge in [-0.3, -0.25) is 0 Å². The Morgan fingerprint density at radius 1 is 1.70 bits per heavy atom. The SMILES string of the molecule is CCO[B]OC1=CCC=C1. The summed E-state index contributed by atoms with van der Waals surface area (Å²) >= 11 is 0. The van der Waals surface area contributed by atoms with Gasteiger partial charge in [0.15, 0.2) is 0 Å². The molecule has 1 radical (unpaired) electrons. The fraction of sp³-hybridized carbons (Fsp3) is 0.429. The van der Waals surface area contributed by atoms with Gasteiger partial charge < -0.3 is 9.31 Å². The van der Waals surface area contributed by atoms with Crippen molar-refractivity contribution in [1.82, 2.24) is 0 Å². The van der Waals surface area contributed by atoms with Crippen LogP contribution in [0.2, 0.25) is 0 Å². The van der Waals surface area contributed by atoms with Crippen molar-refractivity contribution in [2.45, 2.75) is 13.3 Å². The topological polar surface area (TPSA) is 18.5 Å². The van der Waals surface area contributed by atoms with Crippen molar-refractivity contribution in [3.8, 4) is 0 Å². The van der Waals surface area contributed by atoms with Crippen LogP contribution in [-0.4, -0.2) is 14.3 Å². The van der Waals surface area contributed by atoms with Gasteiger partial charge in [0.1, 0.15) is 0 Å². The highest BCUT2D eigenvalue weighted by molar-refractivity contribution is 6.18. The Morgan fingerprint density at radius 3 is 3.20 bits per heavy atom. The molecule has 10 heavy (non-hydrogen) atoms. The van der Waals surface area contributed by atoms with E-state index in [0.29, 0.717) is 6.61 Å². The zero-order valence-corrected chi connectivity index (χ0v) is 6.04. The molecule has 0 N–H and O–H groups in total. The molecule has 0 aliphatic heterocycles. The van der Waals surface area contributed by atoms with Crippen molar-refractivity contribution in [3.63, 3.8) is 0 Å². The van der Waals surface area contributed by atoms with Crippen LogP contribution in [0.5, 0.6) is 0 Å². The number of hydrogen-bond acceptors (Lipinski definition) is 2. The molecular weight excluding hydrogens is 127 g/mol. The normalized spacial score (nSPS) is 15.1. The standard InChI is InChI=1S/C7H10BO2/c1-2-9-8-10-7-5-3-4-6-7/h3,5-6H,2,4H2,1H3. The molecule has 0 heterocycles. The van der Waals surface area contributed by atoms with E-state index in [1.807, 2.05) is 25.2 Å². The summed E-state index contributed by atoms with van der Waals surface area (Å²) in [4.78, 5) is 0. The van der Waals surface area contributed by atoms with Gasteiger partial charge in [-0.05, 0) is 25.5 Å². The Labute approximate surface area is 61.8 Å². The largest absolute Gasteiger partial charge is 0.572 e. The molecule has 1 rings (SSSR count). The minimum absolute atomic E-state index is 0.650. The van der Waals surface area contributed by atoms with Crippen molar-refractivity contribution < 1.29 is 9.31 Å². The van der Waals surface area contributed by atoms with Gasteiger partial charge >= 0.3 is 7.69 Å². The van der Waals surface area contributed by atoms with E-state index in [9.17, 15) is 0 Å². The summed E-state index contributed by atoms with van der Waals surface area (Å²) in [6.45, 7) is 2.57. The molecule has 0 fully saturated rings. The Balaban J connectivity index is 2.08. The molecule has 0 amide bonds. The second kappa shape index (κ2) is 4.17. The minimum Gasteiger partial charge on any atom is -0.538 e. The van der Waals surface area contributed by atoms with Crippen molar-refractivity contribution in [2.24, 2.45) is 0 Å². The number of rotatable bonds is 4. The van der Waals surface area contributed by atoms with E-state index < -0.39 is 0 Å². The lowest BCUT2D eigenvalue weighted by Crippen LogP contribution is -2.02. The number of allylic oxidation sites excluding steroid dienone is 3. The van der Waals surface area contributed by atoms with Gasteiger partial charge in [0, 0.05) is 6.61 Å². The second-order valence-electron chi connectivity index (χ2n) is 1.91. The fourth-order valence-corrected chi connectivity index (χ4v) is 0.681. The van der Waals surface area contributed by atoms with Crippen LogP contribution < -0.4 is 0 Å². The molecule has 53 valence electrons. The maximum Gasteiger partial charge on any atom is 0.572 e. The Kier molecular flexibility index (Phi) is 3.09. The summed E-state index contributed by atoms with van der Waals surface area (Å²) < 4.78 is 9.94. The predicted octanol–water partition coefficient (Wildman–Crippen LogP) is 1.42. The first-order chi connectivity index (χ1) is 4.93. The zero-order valence-electron chi connectivity index (χ0n) is 6.04. The molecule has 0 atom stereocenters. The van der Waals surface area contributed by atoms with Crippen LogP contribution in [0.1, 0.15) is 13.3 Å². The molecule has 0 unspecified atom stereocenters. The van der Waals surface area contributed by atoms with Crippen LogP contribution in [0, 0.1) is 0 Å². The summed E-state index contributed by atoms with van der Waals surface area (Å²) in [5, 5.41) is 0. The van der Waals surface area contributed by atoms with Gasteiger partial charge in [0.25, 0.3) is 0 Å². The predicted molar refractivity (Wildman–Crippen MR) is 40.3 cm³/mol. The fourth-order valence-electron chi connectivity index (χ4n) is 0.681. The molecule has 3 heteroatoms. The second-order valence-corrected chi connectivity index (χ2v) is 1.91. The van der Waals surface area contributed by atoms with Crippen LogP contribution in [0.3, 0.4) is 0 Å². The molecule has 1 aliphatic carbocycles. The maximum absolute atomic E-state index is 5.07. The van der Waals surface area contributed by atoms with Crippen molar-refractivity contribution in [1.29, 1.82) is 0 Å². The van der Waals surface area contributed by atoms with Crippen molar-refractivity contribution >= 4 is 7.69 Å². The smallest absolute Gasteiger partial charge is 0.538 e. The maximum atomic E-state index is 5.07. The van der Waals surface area contributed by atoms with E-state index in [-0.39, 0.29) is 0 Å². The molecule has 0 aromatic rings. The third kappa shape index (κ3) is 2.27. The first-order valence-electron chi connectivity index (χ1n) is 3.40. The van der Waals surface area contributed by atoms with Gasteiger partial charge in [-0.25, -0.2) is 0 Å². The van der Waals surface area contributed by atoms with Crippen LogP contribution in [-0.2, 0) is 9.31 Å². The van der Waals surface area contributed by atoms with Gasteiger partial charge in [0.2, 0.25) is 0 Å². The highest BCUT2D eigenvalue weighted by Crippen LogP contribution is 2.08. The Morgan fingerprint density at radius 2 is 2.60 bits per heavy atom. The molecule has 0 saturated carbocycles. The third-order valence-electron chi connectivity index (χ3n) is 1.16. The lowest BCUT2D eigenvalue weighted by Gasteiger charge is -2.00. The molecule has 0 spiro atoms. The minimum atomic E-state index is 0.650. The molecule has 0 aromatic carbocycles. The highest BCUT2D eigenvalue weighted by Gasteiger charge is 1.99. The molecule has 2 nitrogen and oxygen atoms in total. The molecule has 0 aromatic heterocycles.